The van der Waals surface area contributed by atoms with Crippen LogP contribution in [0.3, 0.4) is 0 Å². The fourth-order valence-electron chi connectivity index (χ4n) is 3.88. The summed E-state index contributed by atoms with van der Waals surface area (Å²) in [5.41, 5.74) is 3.19. The molecule has 2 heterocycles. The van der Waals surface area contributed by atoms with Gasteiger partial charge in [0.05, 0.1) is 11.1 Å². The molecule has 0 radical (unpaired) electrons. The van der Waals surface area contributed by atoms with Gasteiger partial charge in [-0.2, -0.15) is 4.98 Å². The summed E-state index contributed by atoms with van der Waals surface area (Å²) in [5, 5.41) is 4.82. The zero-order chi connectivity index (χ0) is 21.9. The predicted molar refractivity (Wildman–Crippen MR) is 125 cm³/mol. The molecule has 7 heteroatoms. The van der Waals surface area contributed by atoms with E-state index in [-0.39, 0.29) is 5.91 Å². The third-order valence-electron chi connectivity index (χ3n) is 5.60. The number of hydrogen-bond acceptors (Lipinski definition) is 5. The van der Waals surface area contributed by atoms with Gasteiger partial charge in [0.1, 0.15) is 0 Å². The summed E-state index contributed by atoms with van der Waals surface area (Å²) in [6, 6.07) is 24.8. The van der Waals surface area contributed by atoms with Crippen LogP contribution in [0, 0.1) is 0 Å². The number of hydrogen-bond donors (Lipinski definition) is 0. The fourth-order valence-corrected chi connectivity index (χ4v) is 4.01. The lowest BCUT2D eigenvalue weighted by Crippen LogP contribution is -2.48. The second-order valence-electron chi connectivity index (χ2n) is 7.59. The number of rotatable bonds is 4. The second-order valence-corrected chi connectivity index (χ2v) is 8.03. The normalized spacial score (nSPS) is 13.9. The molecule has 32 heavy (non-hydrogen) atoms. The monoisotopic (exact) mass is 444 g/mol. The summed E-state index contributed by atoms with van der Waals surface area (Å²) in [4.78, 5) is 22.0. The van der Waals surface area contributed by atoms with Crippen molar-refractivity contribution in [3.05, 3.63) is 89.4 Å². The molecule has 3 aromatic carbocycles. The first-order valence-electron chi connectivity index (χ1n) is 10.5. The molecule has 1 aromatic heterocycles. The molecule has 4 aromatic rings. The molecular weight excluding hydrogens is 424 g/mol. The zero-order valence-electron chi connectivity index (χ0n) is 17.3. The van der Waals surface area contributed by atoms with Crippen molar-refractivity contribution in [1.29, 1.82) is 0 Å². The van der Waals surface area contributed by atoms with Gasteiger partial charge in [-0.25, -0.2) is 0 Å². The molecule has 1 saturated heterocycles. The molecule has 1 fully saturated rings. The Morgan fingerprint density at radius 2 is 1.53 bits per heavy atom. The number of amides is 1. The van der Waals surface area contributed by atoms with E-state index in [4.69, 9.17) is 16.1 Å². The van der Waals surface area contributed by atoms with Crippen LogP contribution in [0.15, 0.2) is 83.4 Å². The Labute approximate surface area is 191 Å². The Balaban J connectivity index is 1.34. The van der Waals surface area contributed by atoms with E-state index < -0.39 is 0 Å². The number of nitrogens with zero attached hydrogens (tertiary/aromatic N) is 4. The lowest BCUT2D eigenvalue weighted by atomic mass is 10.1. The summed E-state index contributed by atoms with van der Waals surface area (Å²) in [7, 11) is 0. The molecule has 1 aliphatic heterocycles. The van der Waals surface area contributed by atoms with Gasteiger partial charge >= 0.3 is 0 Å². The quantitative estimate of drug-likeness (QED) is 0.442. The van der Waals surface area contributed by atoms with Crippen molar-refractivity contribution in [2.75, 3.05) is 31.1 Å². The maximum atomic E-state index is 13.4. The second kappa shape index (κ2) is 8.85. The first kappa shape index (κ1) is 20.3. The highest BCUT2D eigenvalue weighted by Crippen LogP contribution is 2.27. The van der Waals surface area contributed by atoms with Crippen LogP contribution in [0.25, 0.3) is 22.8 Å². The van der Waals surface area contributed by atoms with Crippen molar-refractivity contribution < 1.29 is 9.32 Å². The summed E-state index contributed by atoms with van der Waals surface area (Å²) >= 11 is 6.00. The summed E-state index contributed by atoms with van der Waals surface area (Å²) in [5.74, 6) is 0.808. The smallest absolute Gasteiger partial charge is 0.259 e. The van der Waals surface area contributed by atoms with Gasteiger partial charge in [0.2, 0.25) is 5.82 Å². The molecule has 0 unspecified atom stereocenters. The first-order valence-corrected chi connectivity index (χ1v) is 10.9. The van der Waals surface area contributed by atoms with Crippen molar-refractivity contribution >= 4 is 23.2 Å². The fraction of sp³-hybridized carbons (Fsp3) is 0.160. The van der Waals surface area contributed by atoms with E-state index in [1.807, 2.05) is 83.8 Å². The highest BCUT2D eigenvalue weighted by atomic mass is 35.5. The summed E-state index contributed by atoms with van der Waals surface area (Å²) in [6.07, 6.45) is 0. The van der Waals surface area contributed by atoms with Crippen LogP contribution < -0.4 is 4.90 Å². The lowest BCUT2D eigenvalue weighted by molar-refractivity contribution is 0.0747. The minimum Gasteiger partial charge on any atom is -0.368 e. The number of benzene rings is 3. The van der Waals surface area contributed by atoms with E-state index >= 15 is 0 Å². The Hall–Kier alpha value is -3.64. The molecule has 5 rings (SSSR count). The number of anilines is 1. The topological polar surface area (TPSA) is 62.5 Å². The molecule has 160 valence electrons. The van der Waals surface area contributed by atoms with Crippen LogP contribution in [0.5, 0.6) is 0 Å². The van der Waals surface area contributed by atoms with Gasteiger partial charge in [-0.05, 0) is 36.4 Å². The SMILES string of the molecule is O=C(c1ccccc1-c1nc(-c2ccccc2)no1)N1CCN(c2ccc(Cl)cc2)CC1. The molecular formula is C25H21ClN4O2. The number of aromatic nitrogens is 2. The van der Waals surface area contributed by atoms with Gasteiger partial charge in [0.25, 0.3) is 11.8 Å². The van der Waals surface area contributed by atoms with Crippen LogP contribution in [0.1, 0.15) is 10.4 Å². The molecule has 0 spiro atoms. The minimum atomic E-state index is -0.0317. The average Bonchev–Trinajstić information content (AvgIpc) is 3.35. The van der Waals surface area contributed by atoms with Crippen molar-refractivity contribution in [2.45, 2.75) is 0 Å². The van der Waals surface area contributed by atoms with Crippen LogP contribution >= 0.6 is 11.6 Å². The van der Waals surface area contributed by atoms with Gasteiger partial charge in [-0.3, -0.25) is 4.79 Å². The highest BCUT2D eigenvalue weighted by molar-refractivity contribution is 6.30. The molecule has 1 amide bonds. The van der Waals surface area contributed by atoms with E-state index in [1.54, 1.807) is 0 Å². The number of carbonyl (C=O) groups is 1. The van der Waals surface area contributed by atoms with Crippen molar-refractivity contribution in [1.82, 2.24) is 15.0 Å². The van der Waals surface area contributed by atoms with Gasteiger partial charge in [-0.15, -0.1) is 0 Å². The third-order valence-corrected chi connectivity index (χ3v) is 5.86. The Morgan fingerprint density at radius 1 is 0.844 bits per heavy atom. The molecule has 0 bridgehead atoms. The molecule has 0 aliphatic carbocycles. The maximum Gasteiger partial charge on any atom is 0.259 e. The van der Waals surface area contributed by atoms with Crippen LogP contribution in [-0.2, 0) is 0 Å². The maximum absolute atomic E-state index is 13.4. The van der Waals surface area contributed by atoms with Crippen LogP contribution in [-0.4, -0.2) is 47.1 Å². The van der Waals surface area contributed by atoms with Crippen LogP contribution in [0.2, 0.25) is 5.02 Å². The third kappa shape index (κ3) is 4.09. The molecule has 6 nitrogen and oxygen atoms in total. The van der Waals surface area contributed by atoms with E-state index in [1.165, 1.54) is 0 Å². The number of piperazine rings is 1. The largest absolute Gasteiger partial charge is 0.368 e. The van der Waals surface area contributed by atoms with Gasteiger partial charge in [-0.1, -0.05) is 59.2 Å². The molecule has 0 N–H and O–H groups in total. The van der Waals surface area contributed by atoms with Gasteiger partial charge < -0.3 is 14.3 Å². The van der Waals surface area contributed by atoms with E-state index in [0.29, 0.717) is 35.9 Å². The van der Waals surface area contributed by atoms with Crippen molar-refractivity contribution in [3.63, 3.8) is 0 Å². The Kier molecular flexibility index (Phi) is 5.60. The minimum absolute atomic E-state index is 0.0317. The summed E-state index contributed by atoms with van der Waals surface area (Å²) in [6.45, 7) is 2.78. The van der Waals surface area contributed by atoms with E-state index in [2.05, 4.69) is 15.0 Å². The van der Waals surface area contributed by atoms with E-state index in [9.17, 15) is 4.79 Å². The average molecular weight is 445 g/mol. The van der Waals surface area contributed by atoms with Crippen LogP contribution in [0.4, 0.5) is 5.69 Å². The molecule has 1 aliphatic rings. The summed E-state index contributed by atoms with van der Waals surface area (Å²) < 4.78 is 5.52. The standard InChI is InChI=1S/C25H21ClN4O2/c26-19-10-12-20(13-11-19)29-14-16-30(17-15-29)25(31)22-9-5-4-8-21(22)24-27-23(28-32-24)18-6-2-1-3-7-18/h1-13H,14-17H2. The Morgan fingerprint density at radius 3 is 2.28 bits per heavy atom. The molecule has 0 saturated carbocycles. The zero-order valence-corrected chi connectivity index (χ0v) is 18.1. The number of halogens is 1. The van der Waals surface area contributed by atoms with E-state index in [0.717, 1.165) is 29.4 Å². The molecule has 0 atom stereocenters. The van der Waals surface area contributed by atoms with Gasteiger partial charge in [0.15, 0.2) is 0 Å². The predicted octanol–water partition coefficient (Wildman–Crippen LogP) is 5.02. The number of carbonyl (C=O) groups excluding carboxylic acids is 1. The Bertz CT molecular complexity index is 1220. The highest BCUT2D eigenvalue weighted by Gasteiger charge is 2.25. The lowest BCUT2D eigenvalue weighted by Gasteiger charge is -2.36. The first-order chi connectivity index (χ1) is 15.7. The van der Waals surface area contributed by atoms with Gasteiger partial charge in [0, 0.05) is 42.5 Å². The van der Waals surface area contributed by atoms with Crippen molar-refractivity contribution in [2.24, 2.45) is 0 Å². The van der Waals surface area contributed by atoms with Crippen molar-refractivity contribution in [3.8, 4) is 22.8 Å².